The predicted octanol–water partition coefficient (Wildman–Crippen LogP) is 3.28. The van der Waals surface area contributed by atoms with Gasteiger partial charge in [0, 0.05) is 11.8 Å². The Bertz CT molecular complexity index is 792. The summed E-state index contributed by atoms with van der Waals surface area (Å²) >= 11 is 0. The molecule has 20 heavy (non-hydrogen) atoms. The molecule has 1 aromatic heterocycles. The molecule has 0 spiro atoms. The van der Waals surface area contributed by atoms with E-state index in [1.54, 1.807) is 18.2 Å². The first-order valence-corrected chi connectivity index (χ1v) is 5.76. The van der Waals surface area contributed by atoms with E-state index in [1.165, 1.54) is 12.4 Å². The number of nitrogens with zero attached hydrogens (tertiary/aromatic N) is 2. The number of anilines is 1. The van der Waals surface area contributed by atoms with Crippen LogP contribution in [0, 0.1) is 11.6 Å². The number of ether oxygens (including phenoxy) is 1. The van der Waals surface area contributed by atoms with Crippen LogP contribution in [0.1, 0.15) is 0 Å². The first kappa shape index (κ1) is 12.3. The smallest absolute Gasteiger partial charge is 0.230 e. The second-order valence-corrected chi connectivity index (χ2v) is 4.13. The van der Waals surface area contributed by atoms with Crippen molar-refractivity contribution in [2.75, 3.05) is 5.73 Å². The van der Waals surface area contributed by atoms with Crippen LogP contribution in [0.3, 0.4) is 0 Å². The highest BCUT2D eigenvalue weighted by Crippen LogP contribution is 2.28. The number of hydrogen-bond donors (Lipinski definition) is 1. The zero-order chi connectivity index (χ0) is 14.1. The van der Waals surface area contributed by atoms with Gasteiger partial charge in [-0.1, -0.05) is 0 Å². The molecule has 0 saturated carbocycles. The fraction of sp³-hybridized carbons (Fsp3) is 0. The van der Waals surface area contributed by atoms with Crippen molar-refractivity contribution in [2.24, 2.45) is 0 Å². The van der Waals surface area contributed by atoms with Gasteiger partial charge < -0.3 is 10.5 Å². The van der Waals surface area contributed by atoms with Gasteiger partial charge in [0.25, 0.3) is 0 Å². The van der Waals surface area contributed by atoms with Gasteiger partial charge in [-0.25, -0.2) is 18.7 Å². The molecule has 0 saturated heterocycles. The molecule has 0 atom stereocenters. The number of nitrogens with two attached hydrogens (primary N) is 1. The Morgan fingerprint density at radius 3 is 2.60 bits per heavy atom. The van der Waals surface area contributed by atoms with Gasteiger partial charge >= 0.3 is 0 Å². The van der Waals surface area contributed by atoms with Gasteiger partial charge in [0.2, 0.25) is 5.88 Å². The van der Waals surface area contributed by atoms with Gasteiger partial charge in [-0.05, 0) is 30.3 Å². The SMILES string of the molecule is Nc1ccc2c(Oc3ccc(F)c(F)c3)ncnc2c1. The van der Waals surface area contributed by atoms with Gasteiger partial charge in [0.1, 0.15) is 12.1 Å². The number of fused-ring (bicyclic) bond motifs is 1. The summed E-state index contributed by atoms with van der Waals surface area (Å²) in [5, 5.41) is 0.631. The van der Waals surface area contributed by atoms with Gasteiger partial charge in [-0.15, -0.1) is 0 Å². The van der Waals surface area contributed by atoms with Crippen molar-refractivity contribution in [3.8, 4) is 11.6 Å². The molecule has 0 aliphatic rings. The van der Waals surface area contributed by atoms with Crippen LogP contribution in [0.5, 0.6) is 11.6 Å². The largest absolute Gasteiger partial charge is 0.438 e. The molecule has 0 aliphatic carbocycles. The molecule has 3 aromatic rings. The molecule has 1 heterocycles. The summed E-state index contributed by atoms with van der Waals surface area (Å²) in [5.74, 6) is -1.51. The third-order valence-corrected chi connectivity index (χ3v) is 2.73. The minimum Gasteiger partial charge on any atom is -0.438 e. The molecule has 0 aliphatic heterocycles. The lowest BCUT2D eigenvalue weighted by Crippen LogP contribution is -1.94. The average Bonchev–Trinajstić information content (AvgIpc) is 2.43. The summed E-state index contributed by atoms with van der Waals surface area (Å²) in [7, 11) is 0. The Hall–Kier alpha value is -2.76. The quantitative estimate of drug-likeness (QED) is 0.728. The van der Waals surface area contributed by atoms with E-state index in [4.69, 9.17) is 10.5 Å². The normalized spacial score (nSPS) is 10.7. The maximum Gasteiger partial charge on any atom is 0.230 e. The van der Waals surface area contributed by atoms with E-state index in [9.17, 15) is 8.78 Å². The lowest BCUT2D eigenvalue weighted by molar-refractivity contribution is 0.451. The highest BCUT2D eigenvalue weighted by Gasteiger charge is 2.08. The maximum atomic E-state index is 13.1. The predicted molar refractivity (Wildman–Crippen MR) is 70.4 cm³/mol. The average molecular weight is 273 g/mol. The summed E-state index contributed by atoms with van der Waals surface area (Å²) in [6, 6.07) is 8.34. The highest BCUT2D eigenvalue weighted by molar-refractivity contribution is 5.85. The Morgan fingerprint density at radius 1 is 0.950 bits per heavy atom. The minimum absolute atomic E-state index is 0.153. The molecule has 2 aromatic carbocycles. The standard InChI is InChI=1S/C14H9F2N3O/c15-11-4-2-9(6-12(11)16)20-14-10-3-1-8(17)5-13(10)18-7-19-14/h1-7H,17H2. The van der Waals surface area contributed by atoms with Crippen molar-refractivity contribution >= 4 is 16.6 Å². The Labute approximate surface area is 112 Å². The fourth-order valence-electron chi connectivity index (χ4n) is 1.78. The van der Waals surface area contributed by atoms with Crippen molar-refractivity contribution in [3.05, 3.63) is 54.4 Å². The van der Waals surface area contributed by atoms with Crippen molar-refractivity contribution in [1.82, 2.24) is 9.97 Å². The fourth-order valence-corrected chi connectivity index (χ4v) is 1.78. The molecular weight excluding hydrogens is 264 g/mol. The molecule has 2 N–H and O–H groups in total. The summed E-state index contributed by atoms with van der Waals surface area (Å²) in [6.45, 7) is 0. The molecule has 0 fully saturated rings. The number of halogens is 2. The number of benzene rings is 2. The van der Waals surface area contributed by atoms with Crippen molar-refractivity contribution in [1.29, 1.82) is 0 Å². The number of rotatable bonds is 2. The van der Waals surface area contributed by atoms with E-state index in [-0.39, 0.29) is 11.6 Å². The molecule has 6 heteroatoms. The van der Waals surface area contributed by atoms with E-state index in [0.29, 0.717) is 16.6 Å². The maximum absolute atomic E-state index is 13.1. The van der Waals surface area contributed by atoms with Gasteiger partial charge in [-0.2, -0.15) is 0 Å². The number of nitrogen functional groups attached to an aromatic ring is 1. The van der Waals surface area contributed by atoms with Crippen LogP contribution < -0.4 is 10.5 Å². The molecule has 3 rings (SSSR count). The van der Waals surface area contributed by atoms with Crippen LogP contribution in [0.2, 0.25) is 0 Å². The molecule has 0 radical (unpaired) electrons. The second kappa shape index (κ2) is 4.73. The molecule has 4 nitrogen and oxygen atoms in total. The van der Waals surface area contributed by atoms with Crippen molar-refractivity contribution in [3.63, 3.8) is 0 Å². The summed E-state index contributed by atoms with van der Waals surface area (Å²) in [4.78, 5) is 8.06. The van der Waals surface area contributed by atoms with Crippen LogP contribution in [0.4, 0.5) is 14.5 Å². The van der Waals surface area contributed by atoms with Crippen LogP contribution in [0.15, 0.2) is 42.7 Å². The minimum atomic E-state index is -0.981. The van der Waals surface area contributed by atoms with Crippen molar-refractivity contribution in [2.45, 2.75) is 0 Å². The van der Waals surface area contributed by atoms with Crippen LogP contribution in [0.25, 0.3) is 10.9 Å². The monoisotopic (exact) mass is 273 g/mol. The van der Waals surface area contributed by atoms with E-state index < -0.39 is 11.6 Å². The van der Waals surface area contributed by atoms with E-state index >= 15 is 0 Å². The Morgan fingerprint density at radius 2 is 1.80 bits per heavy atom. The summed E-state index contributed by atoms with van der Waals surface area (Å²) < 4.78 is 31.5. The van der Waals surface area contributed by atoms with Crippen molar-refractivity contribution < 1.29 is 13.5 Å². The van der Waals surface area contributed by atoms with Crippen LogP contribution in [-0.2, 0) is 0 Å². The van der Waals surface area contributed by atoms with E-state index in [0.717, 1.165) is 12.1 Å². The molecule has 0 amide bonds. The zero-order valence-corrected chi connectivity index (χ0v) is 10.2. The summed E-state index contributed by atoms with van der Waals surface area (Å²) in [6.07, 6.45) is 1.32. The number of hydrogen-bond acceptors (Lipinski definition) is 4. The highest BCUT2D eigenvalue weighted by atomic mass is 19.2. The summed E-state index contributed by atoms with van der Waals surface area (Å²) in [5.41, 5.74) is 6.84. The molecule has 0 unspecified atom stereocenters. The first-order valence-electron chi connectivity index (χ1n) is 5.76. The first-order chi connectivity index (χ1) is 9.63. The topological polar surface area (TPSA) is 61.0 Å². The Balaban J connectivity index is 2.04. The van der Waals surface area contributed by atoms with Crippen LogP contribution in [-0.4, -0.2) is 9.97 Å². The van der Waals surface area contributed by atoms with Crippen LogP contribution >= 0.6 is 0 Å². The van der Waals surface area contributed by atoms with Gasteiger partial charge in [0.05, 0.1) is 10.9 Å². The third kappa shape index (κ3) is 2.23. The van der Waals surface area contributed by atoms with Gasteiger partial charge in [0.15, 0.2) is 11.6 Å². The molecule has 100 valence electrons. The van der Waals surface area contributed by atoms with Gasteiger partial charge in [-0.3, -0.25) is 0 Å². The Kier molecular flexibility index (Phi) is 2.90. The molecule has 0 bridgehead atoms. The molecular formula is C14H9F2N3O. The lowest BCUT2D eigenvalue weighted by Gasteiger charge is -2.07. The van der Waals surface area contributed by atoms with E-state index in [1.807, 2.05) is 0 Å². The lowest BCUT2D eigenvalue weighted by atomic mass is 10.2. The zero-order valence-electron chi connectivity index (χ0n) is 10.2. The third-order valence-electron chi connectivity index (χ3n) is 2.73. The second-order valence-electron chi connectivity index (χ2n) is 4.13. The van der Waals surface area contributed by atoms with E-state index in [2.05, 4.69) is 9.97 Å². The number of aromatic nitrogens is 2.